The molecule has 7 heteroatoms. The zero-order chi connectivity index (χ0) is 28.1. The number of rotatable bonds is 5. The van der Waals surface area contributed by atoms with Crippen molar-refractivity contribution in [3.63, 3.8) is 0 Å². The Labute approximate surface area is 237 Å². The first-order chi connectivity index (χ1) is 20.0. The van der Waals surface area contributed by atoms with E-state index in [0.29, 0.717) is 18.7 Å². The van der Waals surface area contributed by atoms with E-state index in [1.54, 1.807) is 29.2 Å². The number of nitrogens with zero attached hydrogens (tertiary/aromatic N) is 2. The molecule has 1 saturated heterocycles. The van der Waals surface area contributed by atoms with E-state index >= 15 is 0 Å². The normalized spacial score (nSPS) is 18.0. The smallest absolute Gasteiger partial charge is 0.332 e. The van der Waals surface area contributed by atoms with Crippen LogP contribution in [0.3, 0.4) is 0 Å². The second-order valence-electron chi connectivity index (χ2n) is 10.6. The number of amides is 4. The van der Waals surface area contributed by atoms with Crippen molar-refractivity contribution in [2.45, 2.75) is 32.0 Å². The van der Waals surface area contributed by atoms with E-state index < -0.39 is 18.1 Å². The van der Waals surface area contributed by atoms with Gasteiger partial charge in [-0.05, 0) is 41.8 Å². The van der Waals surface area contributed by atoms with E-state index in [4.69, 9.17) is 0 Å². The van der Waals surface area contributed by atoms with E-state index in [1.807, 2.05) is 79.7 Å². The van der Waals surface area contributed by atoms with E-state index in [9.17, 15) is 14.4 Å². The summed E-state index contributed by atoms with van der Waals surface area (Å²) < 4.78 is 0. The minimum Gasteiger partial charge on any atom is -0.356 e. The van der Waals surface area contributed by atoms with Gasteiger partial charge in [0.15, 0.2) is 0 Å². The molecule has 7 rings (SSSR count). The molecule has 41 heavy (non-hydrogen) atoms. The average Bonchev–Trinajstić information content (AvgIpc) is 3.50. The summed E-state index contributed by atoms with van der Waals surface area (Å²) in [5.74, 6) is -0.674. The molecule has 3 heterocycles. The van der Waals surface area contributed by atoms with Gasteiger partial charge in [0, 0.05) is 29.6 Å². The summed E-state index contributed by atoms with van der Waals surface area (Å²) >= 11 is 0. The fourth-order valence-electron chi connectivity index (χ4n) is 6.13. The van der Waals surface area contributed by atoms with Crippen molar-refractivity contribution < 1.29 is 14.4 Å². The first-order valence-corrected chi connectivity index (χ1v) is 13.7. The van der Waals surface area contributed by atoms with Crippen LogP contribution in [0.25, 0.3) is 10.9 Å². The molecule has 4 amide bonds. The number of aromatic amines is 1. The molecule has 0 bridgehead atoms. The molecule has 0 spiro atoms. The zero-order valence-electron chi connectivity index (χ0n) is 22.5. The van der Waals surface area contributed by atoms with Gasteiger partial charge in [-0.1, -0.05) is 90.5 Å². The number of anilines is 1. The number of H-pyrrole nitrogens is 1. The number of imide groups is 1. The zero-order valence-corrected chi connectivity index (χ0v) is 22.5. The van der Waals surface area contributed by atoms with Crippen LogP contribution in [0.4, 0.5) is 10.5 Å². The lowest BCUT2D eigenvalue weighted by Gasteiger charge is -2.36. The standard InChI is InChI=1S/C34H28N4O3/c1-21-15-17-23(18-16-21)31-30-26(24-11-5-7-13-27(24)36-30)19-29-33(40)38(34(41)37(29)31)28-14-8-6-12-25(28)32(39)35-20-22-9-3-2-4-10-22/h2-18,29,31,36H,19-20H2,1H3,(H,35,39)/t29-,31+/m0/s1. The lowest BCUT2D eigenvalue weighted by atomic mass is 9.88. The largest absolute Gasteiger partial charge is 0.356 e. The number of hydrogen-bond donors (Lipinski definition) is 2. The van der Waals surface area contributed by atoms with Gasteiger partial charge in [0.05, 0.1) is 11.3 Å². The highest BCUT2D eigenvalue weighted by Gasteiger charge is 2.53. The molecule has 0 aliphatic carbocycles. The number of fused-ring (bicyclic) bond motifs is 4. The number of urea groups is 1. The second-order valence-corrected chi connectivity index (χ2v) is 10.6. The Hall–Kier alpha value is -5.17. The van der Waals surface area contributed by atoms with Crippen LogP contribution >= 0.6 is 0 Å². The maximum atomic E-state index is 14.3. The van der Waals surface area contributed by atoms with Crippen LogP contribution in [0.5, 0.6) is 0 Å². The predicted molar refractivity (Wildman–Crippen MR) is 158 cm³/mol. The topological polar surface area (TPSA) is 85.5 Å². The number of nitrogens with one attached hydrogen (secondary N) is 2. The highest BCUT2D eigenvalue weighted by molar-refractivity contribution is 6.24. The van der Waals surface area contributed by atoms with Gasteiger partial charge >= 0.3 is 6.03 Å². The van der Waals surface area contributed by atoms with Crippen molar-refractivity contribution >= 4 is 34.4 Å². The van der Waals surface area contributed by atoms with Gasteiger partial charge in [0.1, 0.15) is 12.1 Å². The van der Waals surface area contributed by atoms with Gasteiger partial charge in [0.25, 0.3) is 11.8 Å². The number of hydrogen-bond acceptors (Lipinski definition) is 3. The molecule has 1 aromatic heterocycles. The van der Waals surface area contributed by atoms with E-state index in [2.05, 4.69) is 16.4 Å². The quantitative estimate of drug-likeness (QED) is 0.273. The van der Waals surface area contributed by atoms with Gasteiger partial charge in [-0.15, -0.1) is 0 Å². The number of para-hydroxylation sites is 2. The first kappa shape index (κ1) is 24.8. The Morgan fingerprint density at radius 2 is 1.59 bits per heavy atom. The third-order valence-corrected chi connectivity index (χ3v) is 8.13. The fourth-order valence-corrected chi connectivity index (χ4v) is 6.13. The molecular formula is C34H28N4O3. The van der Waals surface area contributed by atoms with Gasteiger partial charge in [-0.3, -0.25) is 14.5 Å². The lowest BCUT2D eigenvalue weighted by molar-refractivity contribution is -0.120. The number of carbonyl (C=O) groups excluding carboxylic acids is 3. The predicted octanol–water partition coefficient (Wildman–Crippen LogP) is 5.89. The minimum atomic E-state index is -0.694. The van der Waals surface area contributed by atoms with Crippen molar-refractivity contribution in [2.75, 3.05) is 4.90 Å². The Morgan fingerprint density at radius 1 is 0.878 bits per heavy atom. The van der Waals surface area contributed by atoms with E-state index in [-0.39, 0.29) is 17.4 Å². The van der Waals surface area contributed by atoms with Crippen molar-refractivity contribution in [1.82, 2.24) is 15.2 Å². The third kappa shape index (κ3) is 4.09. The SMILES string of the molecule is Cc1ccc([C@@H]2c3[nH]c4ccccc4c3C[C@H]3C(=O)N(c4ccccc4C(=O)NCc4ccccc4)C(=O)N23)cc1. The highest BCUT2D eigenvalue weighted by atomic mass is 16.2. The number of aryl methyl sites for hydroxylation is 1. The summed E-state index contributed by atoms with van der Waals surface area (Å²) in [5, 5.41) is 3.99. The Kier molecular flexibility index (Phi) is 5.93. The highest BCUT2D eigenvalue weighted by Crippen LogP contribution is 2.45. The van der Waals surface area contributed by atoms with Crippen molar-refractivity contribution in [2.24, 2.45) is 0 Å². The van der Waals surface area contributed by atoms with Crippen molar-refractivity contribution in [3.8, 4) is 0 Å². The van der Waals surface area contributed by atoms with Crippen LogP contribution in [0.1, 0.15) is 44.3 Å². The Balaban J connectivity index is 1.29. The molecular weight excluding hydrogens is 512 g/mol. The Bertz CT molecular complexity index is 1810. The molecule has 2 N–H and O–H groups in total. The van der Waals surface area contributed by atoms with Gasteiger partial charge in [-0.2, -0.15) is 0 Å². The monoisotopic (exact) mass is 540 g/mol. The summed E-state index contributed by atoms with van der Waals surface area (Å²) in [4.78, 5) is 48.2. The first-order valence-electron chi connectivity index (χ1n) is 13.7. The van der Waals surface area contributed by atoms with Crippen LogP contribution in [0, 0.1) is 6.92 Å². The van der Waals surface area contributed by atoms with Crippen LogP contribution in [-0.2, 0) is 17.8 Å². The molecule has 202 valence electrons. The molecule has 4 aromatic carbocycles. The summed E-state index contributed by atoms with van der Waals surface area (Å²) in [6, 6.07) is 30.9. The van der Waals surface area contributed by atoms with Crippen molar-refractivity contribution in [3.05, 3.63) is 137 Å². The molecule has 0 radical (unpaired) electrons. The average molecular weight is 541 g/mol. The summed E-state index contributed by atoms with van der Waals surface area (Å²) in [5.41, 5.74) is 6.50. The third-order valence-electron chi connectivity index (χ3n) is 8.13. The lowest BCUT2D eigenvalue weighted by Crippen LogP contribution is -2.44. The van der Waals surface area contributed by atoms with E-state index in [1.165, 1.54) is 4.90 Å². The van der Waals surface area contributed by atoms with Crippen molar-refractivity contribution in [1.29, 1.82) is 0 Å². The summed E-state index contributed by atoms with van der Waals surface area (Å²) in [6.45, 7) is 2.36. The number of carbonyl (C=O) groups is 3. The summed E-state index contributed by atoms with van der Waals surface area (Å²) in [7, 11) is 0. The maximum Gasteiger partial charge on any atom is 0.332 e. The molecule has 7 nitrogen and oxygen atoms in total. The van der Waals surface area contributed by atoms with Gasteiger partial charge in [0.2, 0.25) is 0 Å². The van der Waals surface area contributed by atoms with Crippen LogP contribution < -0.4 is 10.2 Å². The summed E-state index contributed by atoms with van der Waals surface area (Å²) in [6.07, 6.45) is 0.394. The second kappa shape index (κ2) is 9.78. The Morgan fingerprint density at radius 3 is 2.39 bits per heavy atom. The van der Waals surface area contributed by atoms with Crippen LogP contribution in [0.15, 0.2) is 103 Å². The molecule has 0 unspecified atom stereocenters. The molecule has 2 aliphatic rings. The van der Waals surface area contributed by atoms with Gasteiger partial charge < -0.3 is 10.3 Å². The van der Waals surface area contributed by atoms with Crippen LogP contribution in [-0.4, -0.2) is 33.8 Å². The molecule has 2 aliphatic heterocycles. The number of aromatic nitrogens is 1. The van der Waals surface area contributed by atoms with Gasteiger partial charge in [-0.25, -0.2) is 9.69 Å². The van der Waals surface area contributed by atoms with Crippen LogP contribution in [0.2, 0.25) is 0 Å². The maximum absolute atomic E-state index is 14.3. The molecule has 5 aromatic rings. The van der Waals surface area contributed by atoms with E-state index in [0.717, 1.165) is 38.9 Å². The minimum absolute atomic E-state index is 0.279. The molecule has 0 saturated carbocycles. The molecule has 1 fully saturated rings. The fraction of sp³-hybridized carbons (Fsp3) is 0.147. The molecule has 2 atom stereocenters. The number of benzene rings is 4.